The van der Waals surface area contributed by atoms with E-state index in [0.717, 1.165) is 5.56 Å². The lowest BCUT2D eigenvalue weighted by atomic mass is 10.1. The first-order valence-corrected chi connectivity index (χ1v) is 9.90. The Hall–Kier alpha value is -3.48. The third kappa shape index (κ3) is 3.47. The number of amides is 1. The number of carbonyl (C=O) groups is 2. The van der Waals surface area contributed by atoms with Crippen LogP contribution in [0.2, 0.25) is 0 Å². The van der Waals surface area contributed by atoms with Crippen molar-refractivity contribution in [3.63, 3.8) is 0 Å². The van der Waals surface area contributed by atoms with Crippen molar-refractivity contribution in [1.82, 2.24) is 14.9 Å². The number of carbonyl (C=O) groups excluding carboxylic acids is 2. The highest BCUT2D eigenvalue weighted by atomic mass is 16.6. The highest BCUT2D eigenvalue weighted by molar-refractivity contribution is 6.26. The van der Waals surface area contributed by atoms with Gasteiger partial charge in [-0.2, -0.15) is 0 Å². The van der Waals surface area contributed by atoms with E-state index in [1.807, 2.05) is 18.2 Å². The molecule has 0 radical (unpaired) electrons. The lowest BCUT2D eigenvalue weighted by Crippen LogP contribution is -2.33. The number of nitrogens with one attached hydrogen (secondary N) is 1. The predicted octanol–water partition coefficient (Wildman–Crippen LogP) is 3.52. The molecule has 0 unspecified atom stereocenters. The van der Waals surface area contributed by atoms with E-state index in [0.29, 0.717) is 41.7 Å². The number of benzene rings is 1. The first kappa shape index (κ1) is 19.8. The summed E-state index contributed by atoms with van der Waals surface area (Å²) in [6.07, 6.45) is 1.55. The smallest absolute Gasteiger partial charge is 0.407 e. The third-order valence-corrected chi connectivity index (χ3v) is 4.91. The monoisotopic (exact) mass is 405 g/mol. The lowest BCUT2D eigenvalue weighted by Gasteiger charge is -2.20. The Kier molecular flexibility index (Phi) is 4.89. The molecule has 30 heavy (non-hydrogen) atoms. The minimum atomic E-state index is -0.573. The van der Waals surface area contributed by atoms with Crippen LogP contribution in [-0.4, -0.2) is 33.6 Å². The van der Waals surface area contributed by atoms with Crippen LogP contribution in [0, 0.1) is 0 Å². The van der Waals surface area contributed by atoms with Crippen LogP contribution >= 0.6 is 0 Å². The van der Waals surface area contributed by atoms with Crippen LogP contribution in [0.25, 0.3) is 22.2 Å². The van der Waals surface area contributed by atoms with E-state index >= 15 is 0 Å². The van der Waals surface area contributed by atoms with Crippen molar-refractivity contribution in [3.8, 4) is 11.3 Å². The maximum absolute atomic E-state index is 13.2. The second-order valence-electron chi connectivity index (χ2n) is 8.24. The molecule has 1 amide bonds. The van der Waals surface area contributed by atoms with Gasteiger partial charge in [-0.25, -0.2) is 4.79 Å². The van der Waals surface area contributed by atoms with E-state index in [1.54, 1.807) is 49.7 Å². The second-order valence-corrected chi connectivity index (χ2v) is 8.24. The molecule has 0 fully saturated rings. The Balaban J connectivity index is 1.68. The number of hydrogen-bond acceptors (Lipinski definition) is 5. The van der Waals surface area contributed by atoms with E-state index in [4.69, 9.17) is 4.74 Å². The molecule has 154 valence electrons. The van der Waals surface area contributed by atoms with Gasteiger partial charge in [0, 0.05) is 35.8 Å². The van der Waals surface area contributed by atoms with Crippen LogP contribution in [0.3, 0.4) is 0 Å². The van der Waals surface area contributed by atoms with Crippen LogP contribution in [0.1, 0.15) is 43.1 Å². The number of ether oxygens (including phenoxy) is 1. The van der Waals surface area contributed by atoms with Gasteiger partial charge in [0.2, 0.25) is 0 Å². The molecule has 1 aliphatic carbocycles. The van der Waals surface area contributed by atoms with E-state index in [1.165, 1.54) is 0 Å². The van der Waals surface area contributed by atoms with Gasteiger partial charge >= 0.3 is 6.09 Å². The molecule has 2 heterocycles. The van der Waals surface area contributed by atoms with Gasteiger partial charge in [0.15, 0.2) is 5.78 Å². The average molecular weight is 405 g/mol. The first-order chi connectivity index (χ1) is 14.3. The molecule has 7 nitrogen and oxygen atoms in total. The first-order valence-electron chi connectivity index (χ1n) is 9.90. The fourth-order valence-corrected chi connectivity index (χ4v) is 3.76. The normalized spacial score (nSPS) is 12.6. The van der Waals surface area contributed by atoms with Crippen molar-refractivity contribution in [3.05, 3.63) is 64.1 Å². The van der Waals surface area contributed by atoms with Crippen LogP contribution in [0.4, 0.5) is 4.79 Å². The van der Waals surface area contributed by atoms with Gasteiger partial charge in [-0.15, -0.1) is 0 Å². The maximum Gasteiger partial charge on any atom is 0.407 e. The van der Waals surface area contributed by atoms with Crippen LogP contribution in [0.15, 0.2) is 47.4 Å². The minimum Gasteiger partial charge on any atom is -0.444 e. The molecular weight excluding hydrogens is 382 g/mol. The Morgan fingerprint density at radius 2 is 1.83 bits per heavy atom. The lowest BCUT2D eigenvalue weighted by molar-refractivity contribution is 0.0526. The summed E-state index contributed by atoms with van der Waals surface area (Å²) >= 11 is 0. The summed E-state index contributed by atoms with van der Waals surface area (Å²) in [6.45, 7) is 6.07. The van der Waals surface area contributed by atoms with Crippen LogP contribution in [-0.2, 0) is 11.3 Å². The Bertz CT molecular complexity index is 1220. The molecule has 0 atom stereocenters. The van der Waals surface area contributed by atoms with Gasteiger partial charge in [0.25, 0.3) is 5.56 Å². The van der Waals surface area contributed by atoms with Crippen LogP contribution < -0.4 is 10.9 Å². The zero-order valence-corrected chi connectivity index (χ0v) is 17.2. The summed E-state index contributed by atoms with van der Waals surface area (Å²) in [6, 6.07) is 10.8. The fraction of sp³-hybridized carbons (Fsp3) is 0.304. The van der Waals surface area contributed by atoms with Crippen molar-refractivity contribution in [1.29, 1.82) is 0 Å². The maximum atomic E-state index is 13.2. The van der Waals surface area contributed by atoms with Crippen LogP contribution in [0.5, 0.6) is 0 Å². The van der Waals surface area contributed by atoms with Gasteiger partial charge in [0.05, 0.1) is 11.3 Å². The standard InChI is InChI=1S/C23H23N3O4/c1-23(2,3)30-22(29)25-12-7-13-26-19-14-8-4-5-9-15(14)20(27)17(19)16-10-6-11-24-18(16)21(26)28/h4-6,8-11H,7,12-13H2,1-3H3,(H,25,29). The summed E-state index contributed by atoms with van der Waals surface area (Å²) in [7, 11) is 0. The molecule has 1 aliphatic rings. The zero-order valence-electron chi connectivity index (χ0n) is 17.2. The number of hydrogen-bond donors (Lipinski definition) is 1. The van der Waals surface area contributed by atoms with Gasteiger partial charge < -0.3 is 14.6 Å². The van der Waals surface area contributed by atoms with Crippen molar-refractivity contribution in [2.45, 2.75) is 39.3 Å². The molecule has 0 saturated heterocycles. The van der Waals surface area contributed by atoms with E-state index in [2.05, 4.69) is 10.3 Å². The second kappa shape index (κ2) is 7.40. The summed E-state index contributed by atoms with van der Waals surface area (Å²) in [5.41, 5.74) is 1.93. The average Bonchev–Trinajstić information content (AvgIpc) is 2.99. The molecule has 1 N–H and O–H groups in total. The number of rotatable bonds is 4. The highest BCUT2D eigenvalue weighted by Gasteiger charge is 2.32. The molecule has 7 heteroatoms. The summed E-state index contributed by atoms with van der Waals surface area (Å²) < 4.78 is 6.84. The summed E-state index contributed by atoms with van der Waals surface area (Å²) in [5.74, 6) is -0.0979. The molecule has 0 bridgehead atoms. The third-order valence-electron chi connectivity index (χ3n) is 4.91. The van der Waals surface area contributed by atoms with Gasteiger partial charge in [-0.3, -0.25) is 14.6 Å². The Morgan fingerprint density at radius 3 is 2.57 bits per heavy atom. The topological polar surface area (TPSA) is 90.3 Å². The quantitative estimate of drug-likeness (QED) is 0.525. The molecule has 0 spiro atoms. The number of aromatic nitrogens is 2. The Labute approximate surface area is 173 Å². The Morgan fingerprint density at radius 1 is 1.10 bits per heavy atom. The number of ketones is 1. The molecule has 4 rings (SSSR count). The van der Waals surface area contributed by atoms with E-state index < -0.39 is 11.7 Å². The van der Waals surface area contributed by atoms with Crippen molar-refractivity contribution >= 4 is 22.8 Å². The molecular formula is C23H23N3O4. The highest BCUT2D eigenvalue weighted by Crippen LogP contribution is 2.38. The van der Waals surface area contributed by atoms with Crippen molar-refractivity contribution in [2.24, 2.45) is 0 Å². The number of nitrogens with zero attached hydrogens (tertiary/aromatic N) is 2. The van der Waals surface area contributed by atoms with Crippen molar-refractivity contribution in [2.75, 3.05) is 6.54 Å². The zero-order chi connectivity index (χ0) is 21.5. The van der Waals surface area contributed by atoms with Crippen molar-refractivity contribution < 1.29 is 14.3 Å². The van der Waals surface area contributed by atoms with Gasteiger partial charge in [-0.1, -0.05) is 30.3 Å². The molecule has 3 aromatic rings. The number of fused-ring (bicyclic) bond motifs is 5. The SMILES string of the molecule is CC(C)(C)OC(=O)NCCCn1c2c(c3cccnc3c1=O)C(=O)c1ccccc1-2. The molecule has 0 aliphatic heterocycles. The predicted molar refractivity (Wildman–Crippen MR) is 114 cm³/mol. The molecule has 2 aromatic heterocycles. The fourth-order valence-electron chi connectivity index (χ4n) is 3.76. The van der Waals surface area contributed by atoms with Gasteiger partial charge in [0.1, 0.15) is 11.1 Å². The van der Waals surface area contributed by atoms with Gasteiger partial charge in [-0.05, 0) is 33.3 Å². The summed E-state index contributed by atoms with van der Waals surface area (Å²) in [4.78, 5) is 42.4. The number of alkyl carbamates (subject to hydrolysis) is 1. The largest absolute Gasteiger partial charge is 0.444 e. The summed E-state index contributed by atoms with van der Waals surface area (Å²) in [5, 5.41) is 3.27. The minimum absolute atomic E-state index is 0.0979. The number of pyridine rings is 2. The van der Waals surface area contributed by atoms with E-state index in [-0.39, 0.29) is 16.9 Å². The molecule has 1 aromatic carbocycles. The molecule has 0 saturated carbocycles. The van der Waals surface area contributed by atoms with E-state index in [9.17, 15) is 14.4 Å².